The second-order valence-electron chi connectivity index (χ2n) is 10.6. The standard InChI is InChI=1S/C30H33F5N4O3/c1-41-27-9-6-21(29(31,32)30(33,34)35)18-25(27)37-28(40)36-24-7-8-26(23-5-3-2-4-22(23)24)39-12-10-20(11-13-39)19-38-14-16-42-17-15-38/h2-9,18,20H,10-17,19H2,1H3,(H2,36,37,40). The molecular formula is C30H33F5N4O3. The van der Waals surface area contributed by atoms with Crippen LogP contribution in [0.3, 0.4) is 0 Å². The number of carbonyl (C=O) groups is 1. The number of nitrogens with zero attached hydrogens (tertiary/aromatic N) is 2. The summed E-state index contributed by atoms with van der Waals surface area (Å²) in [6, 6.07) is 12.6. The number of hydrogen-bond donors (Lipinski definition) is 2. The Morgan fingerprint density at radius 2 is 1.57 bits per heavy atom. The molecule has 0 aromatic heterocycles. The number of piperidine rings is 1. The molecule has 2 saturated heterocycles. The van der Waals surface area contributed by atoms with E-state index in [0.717, 1.165) is 81.3 Å². The number of carbonyl (C=O) groups excluding carboxylic acids is 1. The largest absolute Gasteiger partial charge is 0.495 e. The lowest BCUT2D eigenvalue weighted by Crippen LogP contribution is -2.43. The Hall–Kier alpha value is -3.64. The molecule has 0 spiro atoms. The number of urea groups is 1. The number of amides is 2. The van der Waals surface area contributed by atoms with E-state index in [1.807, 2.05) is 30.3 Å². The number of halogens is 5. The summed E-state index contributed by atoms with van der Waals surface area (Å²) in [6.45, 7) is 6.43. The topological polar surface area (TPSA) is 66.1 Å². The zero-order valence-electron chi connectivity index (χ0n) is 23.1. The number of morpholine rings is 1. The van der Waals surface area contributed by atoms with Crippen molar-refractivity contribution in [3.8, 4) is 5.75 Å². The first-order valence-corrected chi connectivity index (χ1v) is 13.8. The molecule has 2 fully saturated rings. The van der Waals surface area contributed by atoms with Gasteiger partial charge in [0.1, 0.15) is 5.75 Å². The number of anilines is 3. The molecule has 2 aliphatic heterocycles. The van der Waals surface area contributed by atoms with Crippen LogP contribution in [0.4, 0.5) is 43.8 Å². The first-order valence-electron chi connectivity index (χ1n) is 13.8. The molecule has 0 aliphatic carbocycles. The third kappa shape index (κ3) is 6.39. The van der Waals surface area contributed by atoms with Crippen molar-refractivity contribution in [2.45, 2.75) is 24.9 Å². The number of fused-ring (bicyclic) bond motifs is 1. The number of benzene rings is 3. The Bertz CT molecular complexity index is 1400. The quantitative estimate of drug-likeness (QED) is 0.299. The Labute approximate surface area is 240 Å². The van der Waals surface area contributed by atoms with Crippen LogP contribution in [0, 0.1) is 5.92 Å². The minimum Gasteiger partial charge on any atom is -0.495 e. The fourth-order valence-corrected chi connectivity index (χ4v) is 5.61. The summed E-state index contributed by atoms with van der Waals surface area (Å²) in [7, 11) is 1.22. The monoisotopic (exact) mass is 592 g/mol. The van der Waals surface area contributed by atoms with Gasteiger partial charge in [0.15, 0.2) is 0 Å². The zero-order chi connectivity index (χ0) is 29.9. The van der Waals surface area contributed by atoms with Crippen molar-refractivity contribution >= 4 is 33.9 Å². The van der Waals surface area contributed by atoms with Gasteiger partial charge < -0.3 is 25.0 Å². The van der Waals surface area contributed by atoms with Crippen LogP contribution in [0.5, 0.6) is 5.75 Å². The van der Waals surface area contributed by atoms with E-state index >= 15 is 0 Å². The van der Waals surface area contributed by atoms with E-state index in [2.05, 4.69) is 20.4 Å². The Morgan fingerprint density at radius 1 is 0.905 bits per heavy atom. The van der Waals surface area contributed by atoms with Gasteiger partial charge in [-0.25, -0.2) is 4.79 Å². The second-order valence-corrected chi connectivity index (χ2v) is 10.6. The Balaban J connectivity index is 1.30. The van der Waals surface area contributed by atoms with E-state index < -0.39 is 23.7 Å². The van der Waals surface area contributed by atoms with Crippen LogP contribution in [0.2, 0.25) is 0 Å². The minimum absolute atomic E-state index is 0.0656. The molecule has 2 heterocycles. The van der Waals surface area contributed by atoms with Crippen molar-refractivity contribution in [1.82, 2.24) is 4.90 Å². The van der Waals surface area contributed by atoms with Crippen LogP contribution in [0.1, 0.15) is 18.4 Å². The number of hydrogen-bond acceptors (Lipinski definition) is 5. The molecule has 3 aromatic rings. The fraction of sp³-hybridized carbons (Fsp3) is 0.433. The van der Waals surface area contributed by atoms with Crippen molar-refractivity contribution < 1.29 is 36.2 Å². The molecule has 7 nitrogen and oxygen atoms in total. The summed E-state index contributed by atoms with van der Waals surface area (Å²) in [4.78, 5) is 17.7. The summed E-state index contributed by atoms with van der Waals surface area (Å²) in [6.07, 6.45) is -3.65. The number of rotatable bonds is 7. The van der Waals surface area contributed by atoms with Crippen LogP contribution in [-0.4, -0.2) is 70.2 Å². The van der Waals surface area contributed by atoms with Gasteiger partial charge >= 0.3 is 18.1 Å². The minimum atomic E-state index is -5.79. The second kappa shape index (κ2) is 12.3. The van der Waals surface area contributed by atoms with Gasteiger partial charge in [-0.2, -0.15) is 22.0 Å². The smallest absolute Gasteiger partial charge is 0.458 e. The molecule has 5 rings (SSSR count). The van der Waals surface area contributed by atoms with Gasteiger partial charge in [-0.05, 0) is 49.1 Å². The predicted molar refractivity (Wildman–Crippen MR) is 152 cm³/mol. The average Bonchev–Trinajstić information content (AvgIpc) is 2.98. The molecule has 12 heteroatoms. The molecule has 42 heavy (non-hydrogen) atoms. The van der Waals surface area contributed by atoms with Crippen molar-refractivity contribution in [2.24, 2.45) is 5.92 Å². The highest BCUT2D eigenvalue weighted by Gasteiger charge is 2.58. The number of methoxy groups -OCH3 is 1. The van der Waals surface area contributed by atoms with Crippen molar-refractivity contribution in [3.05, 3.63) is 60.2 Å². The highest BCUT2D eigenvalue weighted by atomic mass is 19.4. The van der Waals surface area contributed by atoms with Crippen LogP contribution < -0.4 is 20.3 Å². The first-order chi connectivity index (χ1) is 20.1. The molecule has 226 valence electrons. The molecule has 0 unspecified atom stereocenters. The van der Waals surface area contributed by atoms with Gasteiger partial charge in [-0.1, -0.05) is 24.3 Å². The SMILES string of the molecule is COc1ccc(C(F)(F)C(F)(F)F)cc1NC(=O)Nc1ccc(N2CCC(CN3CCOCC3)CC2)c2ccccc12. The molecule has 0 atom stereocenters. The molecule has 0 radical (unpaired) electrons. The lowest BCUT2D eigenvalue weighted by atomic mass is 9.94. The van der Waals surface area contributed by atoms with Crippen molar-refractivity contribution in [2.75, 3.05) is 68.6 Å². The number of nitrogens with one attached hydrogen (secondary N) is 2. The average molecular weight is 593 g/mol. The summed E-state index contributed by atoms with van der Waals surface area (Å²) >= 11 is 0. The molecule has 3 aromatic carbocycles. The van der Waals surface area contributed by atoms with Gasteiger partial charge in [0.25, 0.3) is 0 Å². The third-order valence-electron chi connectivity index (χ3n) is 7.89. The molecule has 2 amide bonds. The highest BCUT2D eigenvalue weighted by molar-refractivity contribution is 6.09. The highest BCUT2D eigenvalue weighted by Crippen LogP contribution is 2.45. The summed E-state index contributed by atoms with van der Waals surface area (Å²) < 4.78 is 77.2. The van der Waals surface area contributed by atoms with Crippen LogP contribution in [0.25, 0.3) is 10.8 Å². The third-order valence-corrected chi connectivity index (χ3v) is 7.89. The van der Waals surface area contributed by atoms with E-state index in [4.69, 9.17) is 9.47 Å². The molecule has 2 aliphatic rings. The van der Waals surface area contributed by atoms with Crippen LogP contribution in [0.15, 0.2) is 54.6 Å². The van der Waals surface area contributed by atoms with Gasteiger partial charge in [-0.3, -0.25) is 4.90 Å². The maximum atomic E-state index is 14.0. The normalized spacial score (nSPS) is 17.3. The summed E-state index contributed by atoms with van der Waals surface area (Å²) in [5.74, 6) is -4.54. The summed E-state index contributed by atoms with van der Waals surface area (Å²) in [5.41, 5.74) is -0.123. The predicted octanol–water partition coefficient (Wildman–Crippen LogP) is 6.70. The molecular weight excluding hydrogens is 559 g/mol. The lowest BCUT2D eigenvalue weighted by Gasteiger charge is -2.37. The van der Waals surface area contributed by atoms with E-state index in [9.17, 15) is 26.7 Å². The Morgan fingerprint density at radius 3 is 2.24 bits per heavy atom. The fourth-order valence-electron chi connectivity index (χ4n) is 5.61. The van der Waals surface area contributed by atoms with E-state index in [1.54, 1.807) is 6.07 Å². The van der Waals surface area contributed by atoms with E-state index in [-0.39, 0.29) is 11.4 Å². The number of ether oxygens (including phenoxy) is 2. The van der Waals surface area contributed by atoms with Gasteiger partial charge in [-0.15, -0.1) is 0 Å². The van der Waals surface area contributed by atoms with Crippen LogP contribution in [-0.2, 0) is 10.7 Å². The number of alkyl halides is 5. The first kappa shape index (κ1) is 29.8. The van der Waals surface area contributed by atoms with Gasteiger partial charge in [0.2, 0.25) is 0 Å². The van der Waals surface area contributed by atoms with E-state index in [0.29, 0.717) is 23.7 Å². The molecule has 2 N–H and O–H groups in total. The molecule has 0 bridgehead atoms. The Kier molecular flexibility index (Phi) is 8.74. The van der Waals surface area contributed by atoms with Gasteiger partial charge in [0, 0.05) is 54.7 Å². The van der Waals surface area contributed by atoms with Crippen molar-refractivity contribution in [3.63, 3.8) is 0 Å². The van der Waals surface area contributed by atoms with Crippen LogP contribution >= 0.6 is 0 Å². The zero-order valence-corrected chi connectivity index (χ0v) is 23.1. The van der Waals surface area contributed by atoms with Crippen molar-refractivity contribution in [1.29, 1.82) is 0 Å². The lowest BCUT2D eigenvalue weighted by molar-refractivity contribution is -0.289. The maximum Gasteiger partial charge on any atom is 0.458 e. The molecule has 0 saturated carbocycles. The maximum absolute atomic E-state index is 14.0. The van der Waals surface area contributed by atoms with E-state index in [1.165, 1.54) is 7.11 Å². The summed E-state index contributed by atoms with van der Waals surface area (Å²) in [5, 5.41) is 6.77. The van der Waals surface area contributed by atoms with Gasteiger partial charge in [0.05, 0.1) is 31.7 Å².